The molecule has 2 aliphatic rings. The number of likely N-dealkylation sites (tertiary alicyclic amines) is 1. The van der Waals surface area contributed by atoms with Gasteiger partial charge in [0.2, 0.25) is 0 Å². The Hall–Kier alpha value is -2.34. The van der Waals surface area contributed by atoms with Crippen LogP contribution in [0, 0.1) is 17.6 Å². The summed E-state index contributed by atoms with van der Waals surface area (Å²) in [6.45, 7) is 7.40. The first-order chi connectivity index (χ1) is 20.8. The summed E-state index contributed by atoms with van der Waals surface area (Å²) in [6.07, 6.45) is 8.96. The predicted molar refractivity (Wildman–Crippen MR) is 171 cm³/mol. The number of nitrogens with zero attached hydrogens (tertiary/aromatic N) is 4. The van der Waals surface area contributed by atoms with Crippen LogP contribution in [-0.4, -0.2) is 102 Å². The fraction of sp³-hybridized carbons (Fsp3) is 0.606. The van der Waals surface area contributed by atoms with Gasteiger partial charge in [-0.15, -0.1) is 0 Å². The zero-order valence-electron chi connectivity index (χ0n) is 26.7. The monoisotopic (exact) mass is 638 g/mol. The van der Waals surface area contributed by atoms with E-state index in [1.54, 1.807) is 6.20 Å². The highest BCUT2D eigenvalue weighted by atomic mass is 32.3. The van der Waals surface area contributed by atoms with Gasteiger partial charge in [-0.25, -0.2) is 28.2 Å². The van der Waals surface area contributed by atoms with Crippen LogP contribution in [0.25, 0.3) is 11.0 Å². The number of fused-ring (bicyclic) bond motifs is 3. The minimum Gasteiger partial charge on any atom is -0.492 e. The summed E-state index contributed by atoms with van der Waals surface area (Å²) >= 11 is 0. The van der Waals surface area contributed by atoms with Gasteiger partial charge < -0.3 is 14.0 Å². The topological polar surface area (TPSA) is 42.8 Å². The highest BCUT2D eigenvalue weighted by molar-refractivity contribution is 8.32. The van der Waals surface area contributed by atoms with Crippen molar-refractivity contribution in [3.8, 4) is 5.75 Å². The summed E-state index contributed by atoms with van der Waals surface area (Å²) in [4.78, 5) is 8.57. The van der Waals surface area contributed by atoms with Gasteiger partial charge in [0.1, 0.15) is 42.0 Å². The van der Waals surface area contributed by atoms with Crippen molar-refractivity contribution in [3.05, 3.63) is 58.9 Å². The second kappa shape index (κ2) is 13.2. The smallest absolute Gasteiger partial charge is 0.142 e. The molecule has 5 rings (SSSR count). The minimum atomic E-state index is -1.61. The van der Waals surface area contributed by atoms with Gasteiger partial charge in [-0.1, -0.05) is 0 Å². The third-order valence-electron chi connectivity index (χ3n) is 8.50. The van der Waals surface area contributed by atoms with Crippen LogP contribution in [0.1, 0.15) is 43.6 Å². The number of aromatic nitrogens is 2. The fourth-order valence-corrected chi connectivity index (χ4v) is 6.97. The lowest BCUT2D eigenvalue weighted by Gasteiger charge is -2.43. The molecule has 2 atom stereocenters. The molecule has 0 aliphatic carbocycles. The van der Waals surface area contributed by atoms with E-state index in [4.69, 9.17) is 9.47 Å². The maximum absolute atomic E-state index is 16.2. The van der Waals surface area contributed by atoms with E-state index in [1.807, 2.05) is 33.4 Å². The molecule has 11 heteroatoms. The highest BCUT2D eigenvalue weighted by Crippen LogP contribution is 2.45. The molecule has 6 nitrogen and oxygen atoms in total. The predicted octanol–water partition coefficient (Wildman–Crippen LogP) is 6.35. The number of hydrogen-bond acceptors (Lipinski definition) is 5. The van der Waals surface area contributed by atoms with Crippen molar-refractivity contribution < 1.29 is 27.0 Å². The zero-order valence-corrected chi connectivity index (χ0v) is 27.5. The molecular formula is C33H46F4N4O2S. The number of pyridine rings is 1. The number of benzene rings is 1. The van der Waals surface area contributed by atoms with Gasteiger partial charge in [-0.05, 0) is 63.7 Å². The molecule has 2 aliphatic heterocycles. The van der Waals surface area contributed by atoms with Crippen molar-refractivity contribution >= 4 is 21.1 Å². The molecule has 0 saturated carbocycles. The Balaban J connectivity index is 1.52. The van der Waals surface area contributed by atoms with E-state index in [0.29, 0.717) is 44.0 Å². The van der Waals surface area contributed by atoms with Crippen LogP contribution < -0.4 is 4.74 Å². The lowest BCUT2D eigenvalue weighted by molar-refractivity contribution is 0.0528. The van der Waals surface area contributed by atoms with Crippen LogP contribution in [0.4, 0.5) is 17.6 Å². The normalized spacial score (nSPS) is 20.6. The average molecular weight is 639 g/mol. The first-order valence-corrected chi connectivity index (χ1v) is 18.3. The van der Waals surface area contributed by atoms with Crippen LogP contribution in [0.15, 0.2) is 30.5 Å². The summed E-state index contributed by atoms with van der Waals surface area (Å²) in [5, 5.41) is 0.908. The molecule has 1 aromatic carbocycles. The van der Waals surface area contributed by atoms with Gasteiger partial charge in [0, 0.05) is 78.9 Å². The average Bonchev–Trinajstić information content (AvgIpc) is 3.20. The lowest BCUT2D eigenvalue weighted by atomic mass is 9.87. The molecule has 2 unspecified atom stereocenters. The maximum atomic E-state index is 16.2. The summed E-state index contributed by atoms with van der Waals surface area (Å²) in [7, 11) is -0.773. The SMILES string of the molecule is CC1Cc2c(n(COCCS(C)(C)C)c3ncccc23)C(c2c(F)cc(OCCN3CC(CF)C3)cc2F)N1CC(C)(C)F. The van der Waals surface area contributed by atoms with E-state index in [9.17, 15) is 4.39 Å². The molecule has 244 valence electrons. The molecule has 0 radical (unpaired) electrons. The Labute approximate surface area is 260 Å². The Bertz CT molecular complexity index is 1430. The number of halogens is 4. The van der Waals surface area contributed by atoms with Gasteiger partial charge in [0.25, 0.3) is 0 Å². The zero-order chi connectivity index (χ0) is 31.8. The van der Waals surface area contributed by atoms with Gasteiger partial charge in [0.05, 0.1) is 19.3 Å². The summed E-state index contributed by atoms with van der Waals surface area (Å²) in [5.74, 6) is -0.447. The Kier molecular flexibility index (Phi) is 9.90. The van der Waals surface area contributed by atoms with Crippen molar-refractivity contribution in [2.75, 3.05) is 70.6 Å². The Morgan fingerprint density at radius 1 is 1.09 bits per heavy atom. The Morgan fingerprint density at radius 2 is 1.80 bits per heavy atom. The molecule has 0 bridgehead atoms. The molecule has 2 aromatic heterocycles. The molecule has 4 heterocycles. The Morgan fingerprint density at radius 3 is 2.43 bits per heavy atom. The maximum Gasteiger partial charge on any atom is 0.142 e. The first kappa shape index (κ1) is 33.0. The summed E-state index contributed by atoms with van der Waals surface area (Å²) in [5.41, 5.74) is 0.547. The van der Waals surface area contributed by atoms with E-state index < -0.39 is 33.4 Å². The molecule has 3 aromatic rings. The van der Waals surface area contributed by atoms with Crippen LogP contribution in [0.5, 0.6) is 5.75 Å². The molecule has 1 saturated heterocycles. The van der Waals surface area contributed by atoms with E-state index in [1.165, 1.54) is 26.0 Å². The third-order valence-corrected chi connectivity index (χ3v) is 9.89. The van der Waals surface area contributed by atoms with E-state index in [-0.39, 0.29) is 49.8 Å². The highest BCUT2D eigenvalue weighted by Gasteiger charge is 2.42. The van der Waals surface area contributed by atoms with Gasteiger partial charge in [-0.2, -0.15) is 0 Å². The number of hydrogen-bond donors (Lipinski definition) is 0. The fourth-order valence-electron chi connectivity index (χ4n) is 6.35. The van der Waals surface area contributed by atoms with Crippen LogP contribution in [0.2, 0.25) is 0 Å². The lowest BCUT2D eigenvalue weighted by Crippen LogP contribution is -2.49. The van der Waals surface area contributed by atoms with Crippen molar-refractivity contribution in [3.63, 3.8) is 0 Å². The number of alkyl halides is 2. The minimum absolute atomic E-state index is 0.0195. The second-order valence-electron chi connectivity index (χ2n) is 13.8. The third kappa shape index (κ3) is 7.37. The van der Waals surface area contributed by atoms with E-state index in [2.05, 4.69) is 23.8 Å². The molecule has 0 N–H and O–H groups in total. The largest absolute Gasteiger partial charge is 0.492 e. The van der Waals surface area contributed by atoms with Crippen LogP contribution in [-0.2, 0) is 17.9 Å². The van der Waals surface area contributed by atoms with Gasteiger partial charge in [-0.3, -0.25) is 14.2 Å². The molecular weight excluding hydrogens is 592 g/mol. The second-order valence-corrected chi connectivity index (χ2v) is 18.4. The van der Waals surface area contributed by atoms with E-state index in [0.717, 1.165) is 16.7 Å². The van der Waals surface area contributed by atoms with Gasteiger partial charge >= 0.3 is 0 Å². The quantitative estimate of drug-likeness (QED) is 0.161. The summed E-state index contributed by atoms with van der Waals surface area (Å²) in [6, 6.07) is 5.15. The standard InChI is InChI=1S/C33H46F4N4O2S/c1-22-14-26-25-8-7-9-38-32(25)41(21-42-12-13-44(4,5)6)30(26)31(40(22)20-33(2,3)37)29-27(35)15-24(16-28(29)36)43-11-10-39-18-23(17-34)19-39/h7-9,15-16,22-23,31H,10-14,17-21H2,1-6H3. The molecule has 1 fully saturated rings. The van der Waals surface area contributed by atoms with E-state index >= 15 is 13.2 Å². The van der Waals surface area contributed by atoms with Gasteiger partial charge in [0.15, 0.2) is 0 Å². The van der Waals surface area contributed by atoms with Crippen molar-refractivity contribution in [2.24, 2.45) is 5.92 Å². The van der Waals surface area contributed by atoms with Crippen molar-refractivity contribution in [1.29, 1.82) is 0 Å². The molecule has 0 amide bonds. The van der Waals surface area contributed by atoms with Crippen LogP contribution >= 0.6 is 10.0 Å². The number of ether oxygens (including phenoxy) is 2. The molecule has 0 spiro atoms. The van der Waals surface area contributed by atoms with Crippen molar-refractivity contribution in [1.82, 2.24) is 19.4 Å². The molecule has 44 heavy (non-hydrogen) atoms. The number of rotatable bonds is 13. The van der Waals surface area contributed by atoms with Crippen molar-refractivity contribution in [2.45, 2.75) is 51.7 Å². The van der Waals surface area contributed by atoms with Crippen LogP contribution in [0.3, 0.4) is 0 Å². The first-order valence-electron chi connectivity index (χ1n) is 15.3. The summed E-state index contributed by atoms with van der Waals surface area (Å²) < 4.78 is 74.2.